The van der Waals surface area contributed by atoms with Crippen molar-refractivity contribution >= 4 is 46.4 Å². The lowest BCUT2D eigenvalue weighted by Crippen LogP contribution is -2.52. The Bertz CT molecular complexity index is 2400. The molecule has 1 unspecified atom stereocenters. The molecule has 1 aromatic carbocycles. The largest absolute Gasteiger partial charge is 0.347 e. The molecule has 14 nitrogen and oxygen atoms in total. The first kappa shape index (κ1) is 34.5. The van der Waals surface area contributed by atoms with Crippen LogP contribution in [0.5, 0.6) is 0 Å². The molecule has 1 atom stereocenters. The Morgan fingerprint density at radius 1 is 1.00 bits per heavy atom. The van der Waals surface area contributed by atoms with Crippen molar-refractivity contribution in [2.75, 3.05) is 13.1 Å². The number of amides is 5. The number of imidazole rings is 1. The summed E-state index contributed by atoms with van der Waals surface area (Å²) in [5.41, 5.74) is 6.32. The monoisotopic (exact) mass is 723 g/mol. The summed E-state index contributed by atoms with van der Waals surface area (Å²) < 4.78 is 2.24. The number of hydrogen-bond donors (Lipinski definition) is 2. The summed E-state index contributed by atoms with van der Waals surface area (Å²) in [5, 5.41) is 7.08. The lowest BCUT2D eigenvalue weighted by Gasteiger charge is -2.29. The first-order chi connectivity index (χ1) is 26.2. The van der Waals surface area contributed by atoms with Crippen molar-refractivity contribution in [3.05, 3.63) is 101 Å². The fourth-order valence-corrected chi connectivity index (χ4v) is 7.47. The van der Waals surface area contributed by atoms with Crippen molar-refractivity contribution in [1.82, 2.24) is 44.9 Å². The highest BCUT2D eigenvalue weighted by Crippen LogP contribution is 2.35. The van der Waals surface area contributed by atoms with Crippen LogP contribution in [-0.4, -0.2) is 83.0 Å². The number of nitrogens with one attached hydrogen (secondary N) is 2. The number of carbonyl (C=O) groups excluding carboxylic acids is 5. The van der Waals surface area contributed by atoms with E-state index in [-0.39, 0.29) is 55.3 Å². The van der Waals surface area contributed by atoms with Crippen LogP contribution in [0.2, 0.25) is 0 Å². The number of aromatic nitrogens is 5. The zero-order valence-corrected chi connectivity index (χ0v) is 29.8. The molecule has 0 bridgehead atoms. The summed E-state index contributed by atoms with van der Waals surface area (Å²) in [6, 6.07) is 12.5. The van der Waals surface area contributed by atoms with Gasteiger partial charge in [0.15, 0.2) is 0 Å². The Morgan fingerprint density at radius 2 is 1.87 bits per heavy atom. The zero-order chi connectivity index (χ0) is 37.5. The topological polar surface area (TPSA) is 172 Å². The first-order valence-corrected chi connectivity index (χ1v) is 18.0. The maximum atomic E-state index is 13.1. The van der Waals surface area contributed by atoms with Crippen LogP contribution in [-0.2, 0) is 40.4 Å². The minimum Gasteiger partial charge on any atom is -0.347 e. The molecule has 0 spiro atoms. The second-order valence-corrected chi connectivity index (χ2v) is 13.5. The fourth-order valence-electron chi connectivity index (χ4n) is 7.47. The minimum atomic E-state index is -0.711. The van der Waals surface area contributed by atoms with Crippen LogP contribution in [0.25, 0.3) is 39.4 Å². The van der Waals surface area contributed by atoms with Crippen molar-refractivity contribution in [2.24, 2.45) is 0 Å². The predicted octanol–water partition coefficient (Wildman–Crippen LogP) is 3.68. The van der Waals surface area contributed by atoms with Crippen molar-refractivity contribution < 1.29 is 24.0 Å². The van der Waals surface area contributed by atoms with Gasteiger partial charge in [-0.05, 0) is 42.1 Å². The average Bonchev–Trinajstić information content (AvgIpc) is 3.73. The summed E-state index contributed by atoms with van der Waals surface area (Å²) in [4.78, 5) is 84.2. The number of piperidine rings is 1. The molecule has 8 rings (SSSR count). The third-order valence-corrected chi connectivity index (χ3v) is 10.3. The summed E-state index contributed by atoms with van der Waals surface area (Å²) >= 11 is 0. The van der Waals surface area contributed by atoms with Gasteiger partial charge >= 0.3 is 0 Å². The Labute approximate surface area is 310 Å². The van der Waals surface area contributed by atoms with Gasteiger partial charge < -0.3 is 19.7 Å². The molecule has 272 valence electrons. The van der Waals surface area contributed by atoms with Crippen LogP contribution in [0.3, 0.4) is 0 Å². The smallest absolute Gasteiger partial charge is 0.270 e. The average molecular weight is 724 g/mol. The zero-order valence-electron chi connectivity index (χ0n) is 29.8. The Kier molecular flexibility index (Phi) is 9.01. The standard InChI is InChI=1S/C40H37N9O5/c1-3-35-45-37(34-22-47(23(2)50)16-17-48(34)35)26-7-4-6-24-18-32(44-20-28(24)26)25-9-10-31(43-19-25)38(52)42-14-5-8-30-29-21-49(40(54)27(29)13-15-41-30)33-11-12-36(51)46-39(33)53/h4-10,13,15,18-20,33H,3,11-12,14,16-17,21-22H2,1-2H3,(H,42,52)(H,46,51,53)/b8-5+. The molecule has 3 aliphatic heterocycles. The van der Waals surface area contributed by atoms with Gasteiger partial charge in [-0.2, -0.15) is 0 Å². The van der Waals surface area contributed by atoms with E-state index in [2.05, 4.69) is 32.1 Å². The number of carbonyl (C=O) groups is 5. The van der Waals surface area contributed by atoms with Crippen LogP contribution in [0, 0.1) is 0 Å². The van der Waals surface area contributed by atoms with E-state index < -0.39 is 11.9 Å². The lowest BCUT2D eigenvalue weighted by molar-refractivity contribution is -0.137. The van der Waals surface area contributed by atoms with Gasteiger partial charge in [-0.1, -0.05) is 31.2 Å². The van der Waals surface area contributed by atoms with Crippen LogP contribution >= 0.6 is 0 Å². The van der Waals surface area contributed by atoms with Gasteiger partial charge in [-0.25, -0.2) is 4.98 Å². The molecule has 2 N–H and O–H groups in total. The molecule has 0 saturated carbocycles. The van der Waals surface area contributed by atoms with E-state index in [1.165, 1.54) is 11.1 Å². The number of imide groups is 1. The Morgan fingerprint density at radius 3 is 2.65 bits per heavy atom. The Hall–Kier alpha value is -6.57. The van der Waals surface area contributed by atoms with E-state index in [4.69, 9.17) is 9.97 Å². The Balaban J connectivity index is 0.933. The van der Waals surface area contributed by atoms with Gasteiger partial charge in [0.1, 0.15) is 17.6 Å². The van der Waals surface area contributed by atoms with Crippen molar-refractivity contribution in [2.45, 2.75) is 58.8 Å². The molecular weight excluding hydrogens is 686 g/mol. The van der Waals surface area contributed by atoms with Gasteiger partial charge in [0, 0.05) is 92.2 Å². The van der Waals surface area contributed by atoms with E-state index in [0.29, 0.717) is 35.6 Å². The van der Waals surface area contributed by atoms with Gasteiger partial charge in [-0.15, -0.1) is 0 Å². The van der Waals surface area contributed by atoms with Crippen molar-refractivity contribution in [3.8, 4) is 22.5 Å². The molecule has 54 heavy (non-hydrogen) atoms. The number of pyridine rings is 3. The quantitative estimate of drug-likeness (QED) is 0.227. The third kappa shape index (κ3) is 6.29. The highest BCUT2D eigenvalue weighted by atomic mass is 16.2. The number of rotatable bonds is 8. The number of nitrogens with zero attached hydrogens (tertiary/aromatic N) is 7. The van der Waals surface area contributed by atoms with Crippen LogP contribution in [0.1, 0.15) is 70.3 Å². The van der Waals surface area contributed by atoms with Crippen LogP contribution in [0.15, 0.2) is 67.1 Å². The normalized spacial score (nSPS) is 16.9. The van der Waals surface area contributed by atoms with E-state index in [1.54, 1.807) is 37.4 Å². The number of benzene rings is 1. The van der Waals surface area contributed by atoms with Gasteiger partial charge in [0.25, 0.3) is 11.8 Å². The molecule has 1 fully saturated rings. The second-order valence-electron chi connectivity index (χ2n) is 13.5. The predicted molar refractivity (Wildman–Crippen MR) is 198 cm³/mol. The van der Waals surface area contributed by atoms with Gasteiger partial charge in [0.2, 0.25) is 17.7 Å². The molecule has 0 radical (unpaired) electrons. The molecule has 14 heteroatoms. The van der Waals surface area contributed by atoms with E-state index in [9.17, 15) is 24.0 Å². The van der Waals surface area contributed by atoms with Crippen molar-refractivity contribution in [3.63, 3.8) is 0 Å². The molecule has 3 aliphatic rings. The van der Waals surface area contributed by atoms with Crippen LogP contribution in [0.4, 0.5) is 0 Å². The summed E-state index contributed by atoms with van der Waals surface area (Å²) in [6.07, 6.45) is 9.73. The highest BCUT2D eigenvalue weighted by Gasteiger charge is 2.40. The van der Waals surface area contributed by atoms with E-state index >= 15 is 0 Å². The maximum absolute atomic E-state index is 13.1. The fraction of sp³-hybridized carbons (Fsp3) is 0.275. The molecular formula is C40H37N9O5. The van der Waals surface area contributed by atoms with Crippen molar-refractivity contribution in [1.29, 1.82) is 0 Å². The minimum absolute atomic E-state index is 0.0514. The molecule has 0 aliphatic carbocycles. The van der Waals surface area contributed by atoms with Gasteiger partial charge in [-0.3, -0.25) is 44.2 Å². The summed E-state index contributed by atoms with van der Waals surface area (Å²) in [6.45, 7) is 6.00. The van der Waals surface area contributed by atoms with Gasteiger partial charge in [0.05, 0.1) is 29.3 Å². The van der Waals surface area contributed by atoms with E-state index in [0.717, 1.165) is 52.1 Å². The number of fused-ring (bicyclic) bond motifs is 3. The third-order valence-electron chi connectivity index (χ3n) is 10.3. The summed E-state index contributed by atoms with van der Waals surface area (Å²) in [5.74, 6) is -0.379. The molecule has 7 heterocycles. The summed E-state index contributed by atoms with van der Waals surface area (Å²) in [7, 11) is 0. The van der Waals surface area contributed by atoms with Crippen LogP contribution < -0.4 is 10.6 Å². The molecule has 1 saturated heterocycles. The molecule has 4 aromatic heterocycles. The molecule has 5 amide bonds. The highest BCUT2D eigenvalue weighted by molar-refractivity contribution is 6.05. The van der Waals surface area contributed by atoms with E-state index in [1.807, 2.05) is 41.4 Å². The molecule has 5 aromatic rings. The lowest BCUT2D eigenvalue weighted by atomic mass is 10.0. The number of hydrogen-bond acceptors (Lipinski definition) is 9. The first-order valence-electron chi connectivity index (χ1n) is 18.0. The maximum Gasteiger partial charge on any atom is 0.270 e. The number of aryl methyl sites for hydroxylation is 1. The SMILES string of the molecule is CCc1nc(-c2cccc3cc(-c4ccc(C(=O)NC/C=C/c5nccc6c5CN(C5CCC(=O)NC5=O)C6=O)nc4)ncc23)c2n1CCN(C(C)=O)C2. The second kappa shape index (κ2) is 14.1.